The average molecular weight is 290 g/mol. The Balaban J connectivity index is 2.30. The molecule has 1 amide bonds. The van der Waals surface area contributed by atoms with Crippen LogP contribution in [0.2, 0.25) is 0 Å². The molecule has 0 aliphatic heterocycles. The summed E-state index contributed by atoms with van der Waals surface area (Å²) in [7, 11) is 3.01. The van der Waals surface area contributed by atoms with Crippen LogP contribution in [0.5, 0.6) is 11.5 Å². The maximum Gasteiger partial charge on any atom is 0.257 e. The molecule has 2 aromatic rings. The van der Waals surface area contributed by atoms with Gasteiger partial charge in [-0.2, -0.15) is 0 Å². The zero-order valence-electron chi connectivity index (χ0n) is 11.6. The summed E-state index contributed by atoms with van der Waals surface area (Å²) in [5, 5.41) is 2.67. The number of anilines is 2. The molecule has 0 atom stereocenters. The lowest BCUT2D eigenvalue weighted by Crippen LogP contribution is -2.15. The molecule has 0 fully saturated rings. The van der Waals surface area contributed by atoms with E-state index < -0.39 is 11.7 Å². The minimum atomic E-state index is -0.497. The molecule has 6 heteroatoms. The zero-order chi connectivity index (χ0) is 15.4. The number of nitrogens with two attached hydrogens (primary N) is 1. The van der Waals surface area contributed by atoms with Crippen LogP contribution in [-0.2, 0) is 0 Å². The third-order valence-electron chi connectivity index (χ3n) is 2.91. The van der Waals surface area contributed by atoms with Gasteiger partial charge in [0.1, 0.15) is 17.3 Å². The molecular weight excluding hydrogens is 275 g/mol. The zero-order valence-corrected chi connectivity index (χ0v) is 11.6. The third kappa shape index (κ3) is 3.22. The van der Waals surface area contributed by atoms with Gasteiger partial charge in [0, 0.05) is 11.8 Å². The Hall–Kier alpha value is -2.76. The van der Waals surface area contributed by atoms with Gasteiger partial charge in [-0.3, -0.25) is 4.79 Å². The first-order valence-electron chi connectivity index (χ1n) is 6.13. The van der Waals surface area contributed by atoms with Crippen molar-refractivity contribution in [2.75, 3.05) is 25.3 Å². The molecule has 2 rings (SSSR count). The monoisotopic (exact) mass is 290 g/mol. The summed E-state index contributed by atoms with van der Waals surface area (Å²) in [5.74, 6) is 0.0880. The number of amides is 1. The summed E-state index contributed by atoms with van der Waals surface area (Å²) in [6.07, 6.45) is 0. The van der Waals surface area contributed by atoms with Crippen molar-refractivity contribution in [2.45, 2.75) is 0 Å². The lowest BCUT2D eigenvalue weighted by molar-refractivity contribution is 0.102. The summed E-state index contributed by atoms with van der Waals surface area (Å²) in [4.78, 5) is 12.2. The fraction of sp³-hybridized carbons (Fsp3) is 0.133. The van der Waals surface area contributed by atoms with Crippen LogP contribution in [0.15, 0.2) is 36.4 Å². The number of ether oxygens (including phenoxy) is 2. The van der Waals surface area contributed by atoms with Crippen LogP contribution in [-0.4, -0.2) is 20.1 Å². The standard InChI is InChI=1S/C15H15FN2O3/c1-20-10-4-6-14(21-2)13(8-10)18-15(19)11-5-3-9(16)7-12(11)17/h3-8H,17H2,1-2H3,(H,18,19). The molecule has 0 bridgehead atoms. The van der Waals surface area contributed by atoms with Crippen LogP contribution in [0.1, 0.15) is 10.4 Å². The number of carbonyl (C=O) groups is 1. The van der Waals surface area contributed by atoms with E-state index in [0.717, 1.165) is 6.07 Å². The maximum absolute atomic E-state index is 13.0. The van der Waals surface area contributed by atoms with Crippen molar-refractivity contribution in [3.8, 4) is 11.5 Å². The van der Waals surface area contributed by atoms with Crippen LogP contribution in [0.3, 0.4) is 0 Å². The fourth-order valence-electron chi connectivity index (χ4n) is 1.84. The van der Waals surface area contributed by atoms with Crippen molar-refractivity contribution < 1.29 is 18.7 Å². The minimum absolute atomic E-state index is 0.0642. The molecular formula is C15H15FN2O3. The van der Waals surface area contributed by atoms with Crippen molar-refractivity contribution in [3.05, 3.63) is 47.8 Å². The van der Waals surface area contributed by atoms with Gasteiger partial charge in [0.05, 0.1) is 25.5 Å². The number of hydrogen-bond acceptors (Lipinski definition) is 4. The second-order valence-corrected chi connectivity index (χ2v) is 4.25. The molecule has 5 nitrogen and oxygen atoms in total. The SMILES string of the molecule is COc1ccc(OC)c(NC(=O)c2ccc(F)cc2N)c1. The lowest BCUT2D eigenvalue weighted by Gasteiger charge is -2.12. The number of rotatable bonds is 4. The molecule has 2 aromatic carbocycles. The number of benzene rings is 2. The van der Waals surface area contributed by atoms with Gasteiger partial charge in [-0.05, 0) is 30.3 Å². The van der Waals surface area contributed by atoms with E-state index in [1.807, 2.05) is 0 Å². The summed E-state index contributed by atoms with van der Waals surface area (Å²) >= 11 is 0. The van der Waals surface area contributed by atoms with Gasteiger partial charge in [-0.25, -0.2) is 4.39 Å². The first-order valence-corrected chi connectivity index (χ1v) is 6.13. The van der Waals surface area contributed by atoms with E-state index in [1.165, 1.54) is 26.4 Å². The predicted molar refractivity (Wildman–Crippen MR) is 78.3 cm³/mol. The number of nitrogen functional groups attached to an aromatic ring is 1. The van der Waals surface area contributed by atoms with E-state index in [2.05, 4.69) is 5.32 Å². The van der Waals surface area contributed by atoms with Crippen molar-refractivity contribution in [3.63, 3.8) is 0 Å². The van der Waals surface area contributed by atoms with E-state index in [1.54, 1.807) is 18.2 Å². The van der Waals surface area contributed by atoms with E-state index in [4.69, 9.17) is 15.2 Å². The number of nitrogens with one attached hydrogen (secondary N) is 1. The van der Waals surface area contributed by atoms with Gasteiger partial charge in [0.15, 0.2) is 0 Å². The van der Waals surface area contributed by atoms with Crippen LogP contribution >= 0.6 is 0 Å². The molecule has 0 aliphatic carbocycles. The van der Waals surface area contributed by atoms with Gasteiger partial charge < -0.3 is 20.5 Å². The number of carbonyl (C=O) groups excluding carboxylic acids is 1. The predicted octanol–water partition coefficient (Wildman–Crippen LogP) is 2.68. The number of hydrogen-bond donors (Lipinski definition) is 2. The Bertz CT molecular complexity index is 674. The smallest absolute Gasteiger partial charge is 0.257 e. The average Bonchev–Trinajstić information content (AvgIpc) is 2.46. The fourth-order valence-corrected chi connectivity index (χ4v) is 1.84. The Labute approximate surface area is 121 Å². The first kappa shape index (κ1) is 14.6. The van der Waals surface area contributed by atoms with Gasteiger partial charge in [-0.1, -0.05) is 0 Å². The molecule has 0 saturated carbocycles. The highest BCUT2D eigenvalue weighted by Crippen LogP contribution is 2.29. The van der Waals surface area contributed by atoms with E-state index in [-0.39, 0.29) is 11.3 Å². The number of halogens is 1. The van der Waals surface area contributed by atoms with E-state index in [9.17, 15) is 9.18 Å². The normalized spacial score (nSPS) is 10.0. The summed E-state index contributed by atoms with van der Waals surface area (Å²) in [6.45, 7) is 0. The second kappa shape index (κ2) is 6.13. The highest BCUT2D eigenvalue weighted by Gasteiger charge is 2.13. The topological polar surface area (TPSA) is 73.6 Å². The van der Waals surface area contributed by atoms with Crippen molar-refractivity contribution in [1.29, 1.82) is 0 Å². The highest BCUT2D eigenvalue weighted by molar-refractivity contribution is 6.08. The molecule has 0 radical (unpaired) electrons. The second-order valence-electron chi connectivity index (χ2n) is 4.25. The molecule has 3 N–H and O–H groups in total. The van der Waals surface area contributed by atoms with Crippen molar-refractivity contribution in [2.24, 2.45) is 0 Å². The molecule has 0 saturated heterocycles. The molecule has 110 valence electrons. The maximum atomic E-state index is 13.0. The Morgan fingerprint density at radius 2 is 1.90 bits per heavy atom. The largest absolute Gasteiger partial charge is 0.497 e. The number of methoxy groups -OCH3 is 2. The van der Waals surface area contributed by atoms with Crippen molar-refractivity contribution >= 4 is 17.3 Å². The van der Waals surface area contributed by atoms with Crippen LogP contribution < -0.4 is 20.5 Å². The van der Waals surface area contributed by atoms with Crippen LogP contribution in [0, 0.1) is 5.82 Å². The highest BCUT2D eigenvalue weighted by atomic mass is 19.1. The molecule has 21 heavy (non-hydrogen) atoms. The summed E-state index contributed by atoms with van der Waals surface area (Å²) in [5.41, 5.74) is 6.33. The molecule has 0 heterocycles. The van der Waals surface area contributed by atoms with Gasteiger partial charge in [0.2, 0.25) is 0 Å². The molecule has 0 aliphatic rings. The summed E-state index contributed by atoms with van der Waals surface area (Å²) < 4.78 is 23.3. The Kier molecular flexibility index (Phi) is 4.27. The van der Waals surface area contributed by atoms with E-state index >= 15 is 0 Å². The van der Waals surface area contributed by atoms with Gasteiger partial charge >= 0.3 is 0 Å². The molecule has 0 spiro atoms. The first-order chi connectivity index (χ1) is 10.0. The van der Waals surface area contributed by atoms with Crippen LogP contribution in [0.4, 0.5) is 15.8 Å². The molecule has 0 aromatic heterocycles. The minimum Gasteiger partial charge on any atom is -0.497 e. The Morgan fingerprint density at radius 1 is 1.14 bits per heavy atom. The third-order valence-corrected chi connectivity index (χ3v) is 2.91. The van der Waals surface area contributed by atoms with Gasteiger partial charge in [0.25, 0.3) is 5.91 Å². The van der Waals surface area contributed by atoms with Gasteiger partial charge in [-0.15, -0.1) is 0 Å². The van der Waals surface area contributed by atoms with Crippen LogP contribution in [0.25, 0.3) is 0 Å². The quantitative estimate of drug-likeness (QED) is 0.849. The van der Waals surface area contributed by atoms with E-state index in [0.29, 0.717) is 17.2 Å². The molecule has 0 unspecified atom stereocenters. The summed E-state index contributed by atoms with van der Waals surface area (Å²) in [6, 6.07) is 8.60. The Morgan fingerprint density at radius 3 is 2.52 bits per heavy atom. The lowest BCUT2D eigenvalue weighted by atomic mass is 10.1. The van der Waals surface area contributed by atoms with Crippen molar-refractivity contribution in [1.82, 2.24) is 0 Å².